The minimum atomic E-state index is -1.19. The van der Waals surface area contributed by atoms with Gasteiger partial charge in [-0.05, 0) is 83.0 Å². The third kappa shape index (κ3) is 7.48. The monoisotopic (exact) mass is 880 g/mol. The average molecular weight is 881 g/mol. The highest BCUT2D eigenvalue weighted by Gasteiger charge is 2.56. The molecular formula is C49H52N8O8. The van der Waals surface area contributed by atoms with E-state index in [1.807, 2.05) is 30.9 Å². The van der Waals surface area contributed by atoms with Crippen molar-refractivity contribution in [2.75, 3.05) is 34.4 Å². The van der Waals surface area contributed by atoms with Gasteiger partial charge in [0.05, 0.1) is 48.7 Å². The molecule has 3 aliphatic heterocycles. The number of hydrogen-bond donors (Lipinski definition) is 4. The summed E-state index contributed by atoms with van der Waals surface area (Å²) in [5.41, 5.74) is 7.02. The Hall–Kier alpha value is -6.94. The number of piperidine rings is 1. The number of hydrogen-bond acceptors (Lipinski definition) is 9. The maximum absolute atomic E-state index is 14.4. The Morgan fingerprint density at radius 3 is 2.51 bits per heavy atom. The van der Waals surface area contributed by atoms with Crippen LogP contribution in [-0.2, 0) is 25.7 Å². The van der Waals surface area contributed by atoms with Gasteiger partial charge in [-0.25, -0.2) is 19.6 Å². The standard InChI is InChI=1S/C49H52N8O8/c1-25(2)41(54-48(60)64-5)46(58)57-37-18-30(37)19-39(57)45-51-35-14-12-28-17-34-32-13-11-29(16-31(32)24-65-40(34)20-33(28)42(35)53-45)36-21-50-44(52-36)38-15-26(23-63-4)22-56(38)47(59)43(55(3)49(61)62)27-9-7-6-8-10-27/h6-14,16-17,20-21,25-26,30,37-39,41,43H,15,18-19,22-24H2,1-5H3,(H,50,52)(H,51,53)(H,54,60)(H,61,62)/t26-,30-,37-,38-,39-,41-,43+/m0/s1. The van der Waals surface area contributed by atoms with Gasteiger partial charge in [0, 0.05) is 43.6 Å². The first-order valence-electron chi connectivity index (χ1n) is 22.2. The number of methoxy groups -OCH3 is 2. The smallest absolute Gasteiger partial charge is 0.407 e. The maximum Gasteiger partial charge on any atom is 0.407 e. The second-order valence-electron chi connectivity index (χ2n) is 18.2. The molecule has 0 bridgehead atoms. The summed E-state index contributed by atoms with van der Waals surface area (Å²) in [6.07, 6.45) is 2.32. The van der Waals surface area contributed by atoms with Gasteiger partial charge in [-0.15, -0.1) is 0 Å². The van der Waals surface area contributed by atoms with Gasteiger partial charge in [-0.2, -0.15) is 0 Å². The van der Waals surface area contributed by atoms with E-state index in [1.165, 1.54) is 14.2 Å². The third-order valence-corrected chi connectivity index (χ3v) is 13.8. The lowest BCUT2D eigenvalue weighted by Crippen LogP contribution is -2.52. The Balaban J connectivity index is 0.913. The Kier molecular flexibility index (Phi) is 10.7. The summed E-state index contributed by atoms with van der Waals surface area (Å²) in [6.45, 7) is 5.04. The van der Waals surface area contributed by atoms with Crippen molar-refractivity contribution in [2.45, 2.75) is 69.9 Å². The van der Waals surface area contributed by atoms with Crippen LogP contribution in [0.4, 0.5) is 9.59 Å². The number of nitrogens with one attached hydrogen (secondary N) is 3. The number of H-pyrrole nitrogens is 2. The molecule has 16 nitrogen and oxygen atoms in total. The first-order valence-corrected chi connectivity index (χ1v) is 22.2. The highest BCUT2D eigenvalue weighted by Crippen LogP contribution is 2.54. The van der Waals surface area contributed by atoms with Crippen molar-refractivity contribution in [1.82, 2.24) is 40.0 Å². The fraction of sp³-hybridized carbons (Fsp3) is 0.388. The Morgan fingerprint density at radius 2 is 1.75 bits per heavy atom. The van der Waals surface area contributed by atoms with Crippen LogP contribution in [0.25, 0.3) is 44.2 Å². The quantitative estimate of drug-likeness (QED) is 0.101. The summed E-state index contributed by atoms with van der Waals surface area (Å²) in [4.78, 5) is 74.5. The molecule has 3 fully saturated rings. The number of carbonyl (C=O) groups excluding carboxylic acids is 3. The SMILES string of the molecule is COC[C@H]1C[C@@H](c2ncc(-c3ccc4c(c3)COc3cc5c(ccc6nc([C@@H]7C[C@@H]8C[C@@H]8N7C(=O)[C@@H](NC(=O)OC)C(C)C)[nH]c65)cc3-4)[nH]2)N(C(=O)[C@@H](c2ccccc2)N(C)C(=O)O)C1. The second kappa shape index (κ2) is 16.6. The zero-order valence-corrected chi connectivity index (χ0v) is 36.9. The Labute approximate surface area is 375 Å². The number of ether oxygens (including phenoxy) is 3. The van der Waals surface area contributed by atoms with Crippen molar-refractivity contribution in [3.05, 3.63) is 102 Å². The van der Waals surface area contributed by atoms with E-state index >= 15 is 0 Å². The predicted octanol–water partition coefficient (Wildman–Crippen LogP) is 7.60. The van der Waals surface area contributed by atoms with Crippen LogP contribution in [0.1, 0.15) is 74.0 Å². The number of likely N-dealkylation sites (N-methyl/N-ethyl adjacent to an activating group) is 1. The maximum atomic E-state index is 14.4. The van der Waals surface area contributed by atoms with Crippen molar-refractivity contribution < 1.29 is 38.5 Å². The number of likely N-dealkylation sites (tertiary alicyclic amines) is 2. The molecular weight excluding hydrogens is 829 g/mol. The number of carboxylic acid groups (broad SMARTS) is 1. The molecule has 5 heterocycles. The molecule has 2 saturated heterocycles. The Bertz CT molecular complexity index is 2840. The van der Waals surface area contributed by atoms with E-state index in [9.17, 15) is 24.3 Å². The van der Waals surface area contributed by atoms with Crippen molar-refractivity contribution in [2.24, 2.45) is 17.8 Å². The van der Waals surface area contributed by atoms with E-state index in [2.05, 4.69) is 51.7 Å². The topological polar surface area (TPSA) is 195 Å². The molecule has 0 radical (unpaired) electrons. The lowest BCUT2D eigenvalue weighted by Gasteiger charge is -2.32. The molecule has 4 amide bonds. The molecule has 65 heavy (non-hydrogen) atoms. The van der Waals surface area contributed by atoms with E-state index in [-0.39, 0.29) is 35.7 Å². The number of aromatic nitrogens is 4. The van der Waals surface area contributed by atoms with E-state index in [1.54, 1.807) is 42.5 Å². The van der Waals surface area contributed by atoms with Crippen LogP contribution in [0, 0.1) is 17.8 Å². The van der Waals surface area contributed by atoms with Crippen LogP contribution in [0.15, 0.2) is 79.0 Å². The number of carbonyl (C=O) groups is 4. The number of rotatable bonds is 11. The van der Waals surface area contributed by atoms with Gasteiger partial charge in [0.15, 0.2) is 0 Å². The normalized spacial score (nSPS) is 21.7. The Morgan fingerprint density at radius 1 is 0.938 bits per heavy atom. The predicted molar refractivity (Wildman–Crippen MR) is 241 cm³/mol. The van der Waals surface area contributed by atoms with Crippen LogP contribution in [0.2, 0.25) is 0 Å². The lowest BCUT2D eigenvalue weighted by atomic mass is 9.92. The van der Waals surface area contributed by atoms with Crippen LogP contribution in [0.5, 0.6) is 5.75 Å². The first-order chi connectivity index (χ1) is 31.4. The summed E-state index contributed by atoms with van der Waals surface area (Å²) in [5.74, 6) is 2.00. The van der Waals surface area contributed by atoms with Gasteiger partial charge in [0.25, 0.3) is 5.91 Å². The van der Waals surface area contributed by atoms with Crippen molar-refractivity contribution in [3.8, 4) is 28.1 Å². The van der Waals surface area contributed by atoms with Gasteiger partial charge in [0.1, 0.15) is 36.1 Å². The third-order valence-electron chi connectivity index (χ3n) is 13.8. The minimum absolute atomic E-state index is 0.0391. The zero-order chi connectivity index (χ0) is 45.3. The van der Waals surface area contributed by atoms with E-state index in [0.717, 1.165) is 79.1 Å². The van der Waals surface area contributed by atoms with E-state index in [0.29, 0.717) is 43.5 Å². The number of fused-ring (bicyclic) bond motifs is 7. The number of imidazole rings is 2. The largest absolute Gasteiger partial charge is 0.488 e. The first kappa shape index (κ1) is 42.0. The number of benzene rings is 4. The summed E-state index contributed by atoms with van der Waals surface area (Å²) < 4.78 is 16.8. The molecule has 1 aliphatic carbocycles. The summed E-state index contributed by atoms with van der Waals surface area (Å²) in [6, 6.07) is 21.3. The van der Waals surface area contributed by atoms with Crippen LogP contribution < -0.4 is 10.1 Å². The molecule has 1 saturated carbocycles. The lowest BCUT2D eigenvalue weighted by molar-refractivity contribution is -0.138. The number of aromatic amines is 2. The van der Waals surface area contributed by atoms with E-state index < -0.39 is 30.3 Å². The van der Waals surface area contributed by atoms with Crippen molar-refractivity contribution in [3.63, 3.8) is 0 Å². The highest BCUT2D eigenvalue weighted by atomic mass is 16.5. The fourth-order valence-electron chi connectivity index (χ4n) is 10.4. The van der Waals surface area contributed by atoms with Gasteiger partial charge >= 0.3 is 12.2 Å². The minimum Gasteiger partial charge on any atom is -0.488 e. The number of amides is 4. The molecule has 336 valence electrons. The van der Waals surface area contributed by atoms with E-state index in [4.69, 9.17) is 24.2 Å². The van der Waals surface area contributed by atoms with Gasteiger partial charge < -0.3 is 44.4 Å². The molecule has 4 aliphatic rings. The average Bonchev–Trinajstić information content (AvgIpc) is 3.77. The fourth-order valence-corrected chi connectivity index (χ4v) is 10.4. The van der Waals surface area contributed by atoms with Crippen molar-refractivity contribution >= 4 is 45.8 Å². The number of alkyl carbamates (subject to hydrolysis) is 1. The summed E-state index contributed by atoms with van der Waals surface area (Å²) in [5, 5.41) is 14.7. The molecule has 6 aromatic rings. The molecule has 7 atom stereocenters. The molecule has 0 spiro atoms. The summed E-state index contributed by atoms with van der Waals surface area (Å²) in [7, 11) is 4.36. The molecule has 16 heteroatoms. The van der Waals surface area contributed by atoms with Gasteiger partial charge in [-0.3, -0.25) is 14.5 Å². The zero-order valence-electron chi connectivity index (χ0n) is 36.9. The summed E-state index contributed by atoms with van der Waals surface area (Å²) >= 11 is 0. The molecule has 4 aromatic carbocycles. The van der Waals surface area contributed by atoms with Crippen LogP contribution in [0.3, 0.4) is 0 Å². The number of nitrogens with zero attached hydrogens (tertiary/aromatic N) is 5. The second-order valence-corrected chi connectivity index (χ2v) is 18.2. The van der Waals surface area contributed by atoms with Crippen LogP contribution >= 0.6 is 0 Å². The van der Waals surface area contributed by atoms with Crippen LogP contribution in [-0.4, -0.2) is 110 Å². The highest BCUT2D eigenvalue weighted by molar-refractivity contribution is 6.07. The van der Waals surface area contributed by atoms with Gasteiger partial charge in [-0.1, -0.05) is 62.4 Å². The van der Waals surface area contributed by atoms with Gasteiger partial charge in [0.2, 0.25) is 5.91 Å². The van der Waals surface area contributed by atoms with Crippen molar-refractivity contribution in [1.29, 1.82) is 0 Å². The molecule has 2 aromatic heterocycles. The molecule has 0 unspecified atom stereocenters. The molecule has 4 N–H and O–H groups in total. The molecule has 10 rings (SSSR count).